The van der Waals surface area contributed by atoms with Crippen LogP contribution < -0.4 is 4.74 Å². The maximum atomic E-state index is 5.14. The van der Waals surface area contributed by atoms with Crippen LogP contribution in [0.15, 0.2) is 29.3 Å². The maximum Gasteiger partial charge on any atom is 0.119 e. The Morgan fingerprint density at radius 3 is 2.26 bits per heavy atom. The predicted octanol–water partition coefficient (Wildman–Crippen LogP) is 5.54. The lowest BCUT2D eigenvalue weighted by atomic mass is 10.1. The first kappa shape index (κ1) is 15.7. The molecule has 0 amide bonds. The van der Waals surface area contributed by atoms with Gasteiger partial charge in [0.1, 0.15) is 5.75 Å². The summed E-state index contributed by atoms with van der Waals surface area (Å²) in [4.78, 5) is 4.63. The summed E-state index contributed by atoms with van der Waals surface area (Å²) in [7, 11) is 1.68. The molecule has 0 aromatic heterocycles. The van der Waals surface area contributed by atoms with Gasteiger partial charge in [-0.15, -0.1) is 0 Å². The summed E-state index contributed by atoms with van der Waals surface area (Å²) in [5.74, 6) is 0.882. The van der Waals surface area contributed by atoms with E-state index in [0.717, 1.165) is 17.9 Å². The summed E-state index contributed by atoms with van der Waals surface area (Å²) < 4.78 is 5.14. The molecule has 0 fully saturated rings. The molecule has 0 N–H and O–H groups in total. The summed E-state index contributed by atoms with van der Waals surface area (Å²) in [6, 6.07) is 7.92. The molecule has 0 saturated heterocycles. The highest BCUT2D eigenvalue weighted by Gasteiger charge is 1.96. The summed E-state index contributed by atoms with van der Waals surface area (Å²) in [5.41, 5.74) is 2.24. The van der Waals surface area contributed by atoms with Crippen molar-refractivity contribution < 1.29 is 4.74 Å². The molecule has 2 nitrogen and oxygen atoms in total. The molecule has 0 unspecified atom stereocenters. The fraction of sp³-hybridized carbons (Fsp3) is 0.588. The lowest BCUT2D eigenvalue weighted by molar-refractivity contribution is 0.415. The van der Waals surface area contributed by atoms with Gasteiger partial charge < -0.3 is 4.74 Å². The quantitative estimate of drug-likeness (QED) is 0.422. The van der Waals surface area contributed by atoms with E-state index in [4.69, 9.17) is 4.74 Å². The first-order valence-corrected chi connectivity index (χ1v) is 7.44. The number of hydrogen-bond donors (Lipinski definition) is 0. The number of ether oxygens (including phenoxy) is 1. The van der Waals surface area contributed by atoms with Gasteiger partial charge in [-0.05, 0) is 44.0 Å². The zero-order chi connectivity index (χ0) is 13.9. The molecule has 0 aliphatic rings. The zero-order valence-corrected chi connectivity index (χ0v) is 12.6. The van der Waals surface area contributed by atoms with Crippen LogP contribution in [0.2, 0.25) is 0 Å². The maximum absolute atomic E-state index is 5.14. The van der Waals surface area contributed by atoms with E-state index >= 15 is 0 Å². The van der Waals surface area contributed by atoms with E-state index < -0.39 is 0 Å². The van der Waals surface area contributed by atoms with E-state index in [1.54, 1.807) is 7.11 Å². The Hall–Kier alpha value is -1.31. The molecule has 19 heavy (non-hydrogen) atoms. The average molecular weight is 261 g/mol. The minimum Gasteiger partial charge on any atom is -0.497 e. The summed E-state index contributed by atoms with van der Waals surface area (Å²) in [5, 5.41) is 0. The van der Waals surface area contributed by atoms with Crippen molar-refractivity contribution in [3.05, 3.63) is 24.3 Å². The molecule has 0 radical (unpaired) electrons. The Bertz CT molecular complexity index is 367. The highest BCUT2D eigenvalue weighted by molar-refractivity contribution is 5.84. The number of benzene rings is 1. The number of unbranched alkanes of at least 4 members (excludes halogenated alkanes) is 5. The van der Waals surface area contributed by atoms with Crippen LogP contribution in [0.4, 0.5) is 5.69 Å². The largest absolute Gasteiger partial charge is 0.497 e. The van der Waals surface area contributed by atoms with Crippen LogP contribution in [0.5, 0.6) is 5.75 Å². The molecule has 1 aromatic carbocycles. The fourth-order valence-electron chi connectivity index (χ4n) is 2.09. The molecule has 1 rings (SSSR count). The molecule has 0 atom stereocenters. The van der Waals surface area contributed by atoms with Crippen LogP contribution in [0.1, 0.15) is 58.8 Å². The molecule has 1 aromatic rings. The average Bonchev–Trinajstić information content (AvgIpc) is 2.43. The van der Waals surface area contributed by atoms with Crippen molar-refractivity contribution >= 4 is 11.4 Å². The number of nitrogens with zero attached hydrogens (tertiary/aromatic N) is 1. The molecule has 2 heteroatoms. The number of methoxy groups -OCH3 is 1. The first-order chi connectivity index (χ1) is 9.26. The topological polar surface area (TPSA) is 21.6 Å². The summed E-state index contributed by atoms with van der Waals surface area (Å²) >= 11 is 0. The van der Waals surface area contributed by atoms with Crippen molar-refractivity contribution in [1.82, 2.24) is 0 Å². The second-order valence-electron chi connectivity index (χ2n) is 5.06. The molecule has 0 aliphatic heterocycles. The van der Waals surface area contributed by atoms with Gasteiger partial charge in [0.05, 0.1) is 12.8 Å². The number of aliphatic imine (C=N–C) groups is 1. The van der Waals surface area contributed by atoms with E-state index in [9.17, 15) is 0 Å². The molecule has 0 heterocycles. The fourth-order valence-corrected chi connectivity index (χ4v) is 2.09. The summed E-state index contributed by atoms with van der Waals surface area (Å²) in [6.07, 6.45) is 9.13. The highest BCUT2D eigenvalue weighted by atomic mass is 16.5. The molecule has 0 aliphatic carbocycles. The van der Waals surface area contributed by atoms with Crippen molar-refractivity contribution in [1.29, 1.82) is 0 Å². The summed E-state index contributed by atoms with van der Waals surface area (Å²) in [6.45, 7) is 4.38. The second-order valence-corrected chi connectivity index (χ2v) is 5.06. The number of hydrogen-bond acceptors (Lipinski definition) is 2. The van der Waals surface area contributed by atoms with Crippen LogP contribution in [0.25, 0.3) is 0 Å². The van der Waals surface area contributed by atoms with Gasteiger partial charge in [0.25, 0.3) is 0 Å². The van der Waals surface area contributed by atoms with E-state index in [0.29, 0.717) is 0 Å². The first-order valence-electron chi connectivity index (χ1n) is 7.44. The Morgan fingerprint density at radius 2 is 1.63 bits per heavy atom. The number of rotatable bonds is 9. The van der Waals surface area contributed by atoms with Crippen molar-refractivity contribution in [3.63, 3.8) is 0 Å². The third-order valence-electron chi connectivity index (χ3n) is 3.28. The van der Waals surface area contributed by atoms with Gasteiger partial charge in [-0.3, -0.25) is 4.99 Å². The molecule has 0 bridgehead atoms. The SMILES string of the molecule is CCCCCCCCC(C)=Nc1ccc(OC)cc1. The molecular formula is C17H27NO. The lowest BCUT2D eigenvalue weighted by Gasteiger charge is -2.03. The zero-order valence-electron chi connectivity index (χ0n) is 12.6. The molecule has 0 saturated carbocycles. The van der Waals surface area contributed by atoms with E-state index in [1.165, 1.54) is 44.2 Å². The standard InChI is InChI=1S/C17H27NO/c1-4-5-6-7-8-9-10-15(2)18-16-11-13-17(19-3)14-12-16/h11-14H,4-10H2,1-3H3. The Kier molecular flexibility index (Phi) is 7.95. The van der Waals surface area contributed by atoms with Gasteiger partial charge in [0.2, 0.25) is 0 Å². The van der Waals surface area contributed by atoms with Crippen molar-refractivity contribution in [2.24, 2.45) is 4.99 Å². The monoisotopic (exact) mass is 261 g/mol. The minimum absolute atomic E-state index is 0.882. The minimum atomic E-state index is 0.882. The van der Waals surface area contributed by atoms with Gasteiger partial charge in [-0.2, -0.15) is 0 Å². The normalized spacial score (nSPS) is 11.6. The van der Waals surface area contributed by atoms with E-state index in [1.807, 2.05) is 24.3 Å². The van der Waals surface area contributed by atoms with Crippen LogP contribution in [0.3, 0.4) is 0 Å². The van der Waals surface area contributed by atoms with Crippen molar-refractivity contribution in [2.75, 3.05) is 7.11 Å². The van der Waals surface area contributed by atoms with E-state index in [2.05, 4.69) is 18.8 Å². The van der Waals surface area contributed by atoms with Gasteiger partial charge in [0.15, 0.2) is 0 Å². The van der Waals surface area contributed by atoms with Gasteiger partial charge >= 0.3 is 0 Å². The smallest absolute Gasteiger partial charge is 0.119 e. The predicted molar refractivity (Wildman–Crippen MR) is 83.8 cm³/mol. The van der Waals surface area contributed by atoms with Crippen LogP contribution in [-0.4, -0.2) is 12.8 Å². The van der Waals surface area contributed by atoms with Crippen molar-refractivity contribution in [3.8, 4) is 5.75 Å². The third-order valence-corrected chi connectivity index (χ3v) is 3.28. The van der Waals surface area contributed by atoms with E-state index in [-0.39, 0.29) is 0 Å². The second kappa shape index (κ2) is 9.60. The Balaban J connectivity index is 2.27. The third kappa shape index (κ3) is 7.00. The van der Waals surface area contributed by atoms with Crippen LogP contribution in [-0.2, 0) is 0 Å². The Labute approximate surface area is 117 Å². The van der Waals surface area contributed by atoms with Gasteiger partial charge in [-0.1, -0.05) is 39.0 Å². The van der Waals surface area contributed by atoms with Gasteiger partial charge in [0, 0.05) is 5.71 Å². The highest BCUT2D eigenvalue weighted by Crippen LogP contribution is 2.18. The molecule has 0 spiro atoms. The molecule has 106 valence electrons. The van der Waals surface area contributed by atoms with Gasteiger partial charge in [-0.25, -0.2) is 0 Å². The van der Waals surface area contributed by atoms with Crippen LogP contribution in [0, 0.1) is 0 Å². The lowest BCUT2D eigenvalue weighted by Crippen LogP contribution is -1.91. The Morgan fingerprint density at radius 1 is 1.00 bits per heavy atom. The van der Waals surface area contributed by atoms with Crippen molar-refractivity contribution in [2.45, 2.75) is 58.8 Å². The molecular weight excluding hydrogens is 234 g/mol. The van der Waals surface area contributed by atoms with Crippen LogP contribution >= 0.6 is 0 Å².